The predicted octanol–water partition coefficient (Wildman–Crippen LogP) is 10.0. The van der Waals surface area contributed by atoms with Gasteiger partial charge in [0.1, 0.15) is 6.17 Å². The van der Waals surface area contributed by atoms with E-state index in [0.29, 0.717) is 0 Å². The van der Waals surface area contributed by atoms with E-state index in [0.717, 1.165) is 35.2 Å². The van der Waals surface area contributed by atoms with Crippen LogP contribution < -0.4 is 5.73 Å². The summed E-state index contributed by atoms with van der Waals surface area (Å²) in [6, 6.07) is 5.82. The quantitative estimate of drug-likeness (QED) is 0.468. The highest BCUT2D eigenvalue weighted by molar-refractivity contribution is 5.29. The molecule has 31 heavy (non-hydrogen) atoms. The van der Waals surface area contributed by atoms with Gasteiger partial charge in [0.05, 0.1) is 0 Å². The smallest absolute Gasteiger partial charge is 0.122 e. The Morgan fingerprint density at radius 3 is 1.52 bits per heavy atom. The molecule has 0 bridgehead atoms. The average Bonchev–Trinajstić information content (AvgIpc) is 2.76. The second-order valence-electron chi connectivity index (χ2n) is 6.69. The van der Waals surface area contributed by atoms with Gasteiger partial charge < -0.3 is 5.73 Å². The van der Waals surface area contributed by atoms with Crippen molar-refractivity contribution in [1.29, 1.82) is 0 Å². The highest BCUT2D eigenvalue weighted by Crippen LogP contribution is 2.18. The van der Waals surface area contributed by atoms with Gasteiger partial charge in [-0.2, -0.15) is 0 Å². The molecule has 2 heteroatoms. The van der Waals surface area contributed by atoms with Crippen LogP contribution in [0.1, 0.15) is 98.0 Å². The minimum Gasteiger partial charge on any atom is -0.330 e. The molecule has 0 saturated carbocycles. The fourth-order valence-electron chi connectivity index (χ4n) is 1.69. The van der Waals surface area contributed by atoms with Gasteiger partial charge in [0.2, 0.25) is 0 Å². The van der Waals surface area contributed by atoms with Crippen LogP contribution in [0.25, 0.3) is 0 Å². The molecule has 0 aliphatic heterocycles. The van der Waals surface area contributed by atoms with Crippen molar-refractivity contribution in [2.45, 2.75) is 95.2 Å². The number of allylic oxidation sites excluding steroid dienone is 4. The maximum Gasteiger partial charge on any atom is 0.122 e. The summed E-state index contributed by atoms with van der Waals surface area (Å²) in [6.07, 6.45) is 7.44. The minimum atomic E-state index is -0.853. The molecule has 0 fully saturated rings. The minimum absolute atomic E-state index is 0.731. The van der Waals surface area contributed by atoms with E-state index in [2.05, 4.69) is 46.6 Å². The zero-order valence-corrected chi connectivity index (χ0v) is 22.7. The summed E-state index contributed by atoms with van der Waals surface area (Å²) in [7, 11) is 0. The molecule has 0 saturated heterocycles. The molecular weight excluding hydrogens is 381 g/mol. The van der Waals surface area contributed by atoms with Gasteiger partial charge in [-0.15, -0.1) is 19.7 Å². The molecule has 0 heterocycles. The van der Waals surface area contributed by atoms with Crippen LogP contribution in [0.15, 0.2) is 67.3 Å². The number of benzene rings is 1. The Labute approximate surface area is 196 Å². The van der Waals surface area contributed by atoms with E-state index >= 15 is 0 Å². The Morgan fingerprint density at radius 1 is 1.00 bits per heavy atom. The van der Waals surface area contributed by atoms with Gasteiger partial charge in [0.15, 0.2) is 0 Å². The maximum absolute atomic E-state index is 12.8. The Hall–Kier alpha value is -1.93. The molecule has 0 amide bonds. The van der Waals surface area contributed by atoms with E-state index in [-0.39, 0.29) is 0 Å². The van der Waals surface area contributed by atoms with E-state index in [1.807, 2.05) is 78.8 Å². The van der Waals surface area contributed by atoms with E-state index in [1.54, 1.807) is 6.92 Å². The van der Waals surface area contributed by atoms with E-state index in [9.17, 15) is 4.39 Å². The van der Waals surface area contributed by atoms with Gasteiger partial charge in [-0.3, -0.25) is 0 Å². The van der Waals surface area contributed by atoms with Crippen LogP contribution >= 0.6 is 0 Å². The van der Waals surface area contributed by atoms with Crippen LogP contribution in [-0.4, -0.2) is 6.54 Å². The van der Waals surface area contributed by atoms with Crippen molar-refractivity contribution in [3.63, 3.8) is 0 Å². The lowest BCUT2D eigenvalue weighted by Gasteiger charge is -2.04. The lowest BCUT2D eigenvalue weighted by atomic mass is 10.1. The summed E-state index contributed by atoms with van der Waals surface area (Å²) in [4.78, 5) is 0. The SMILES string of the molecule is C/C=C(\C)CC.C/C=C\C.C=C.C=C(C)CCN.CC.Cc1cc(C)cc(C(C)F)c1. The molecule has 1 aromatic carbocycles. The molecule has 0 aromatic heterocycles. The van der Waals surface area contributed by atoms with Crippen molar-refractivity contribution in [2.75, 3.05) is 6.54 Å². The monoisotopic (exact) mass is 435 g/mol. The first-order chi connectivity index (χ1) is 14.6. The Balaban J connectivity index is -0.0000000979. The van der Waals surface area contributed by atoms with Crippen molar-refractivity contribution in [3.05, 3.63) is 84.0 Å². The molecule has 0 radical (unpaired) electrons. The summed E-state index contributed by atoms with van der Waals surface area (Å²) >= 11 is 0. The summed E-state index contributed by atoms with van der Waals surface area (Å²) in [5.41, 5.74) is 10.8. The van der Waals surface area contributed by atoms with Gasteiger partial charge in [-0.25, -0.2) is 4.39 Å². The average molecular weight is 436 g/mol. The van der Waals surface area contributed by atoms with Gasteiger partial charge >= 0.3 is 0 Å². The van der Waals surface area contributed by atoms with E-state index in [1.165, 1.54) is 12.0 Å². The lowest BCUT2D eigenvalue weighted by molar-refractivity contribution is 0.374. The summed E-state index contributed by atoms with van der Waals surface area (Å²) in [5, 5.41) is 0. The molecule has 2 N–H and O–H groups in total. The van der Waals surface area contributed by atoms with Crippen LogP contribution in [0.4, 0.5) is 4.39 Å². The molecule has 1 rings (SSSR count). The zero-order chi connectivity index (χ0) is 25.8. The number of halogens is 1. The van der Waals surface area contributed by atoms with Crippen molar-refractivity contribution < 1.29 is 4.39 Å². The number of alkyl halides is 1. The molecule has 0 spiro atoms. The van der Waals surface area contributed by atoms with Gasteiger partial charge in [0.25, 0.3) is 0 Å². The van der Waals surface area contributed by atoms with Crippen molar-refractivity contribution in [3.8, 4) is 0 Å². The molecule has 0 aliphatic rings. The molecule has 182 valence electrons. The molecular formula is C29H54FN. The fraction of sp³-hybridized carbons (Fsp3) is 0.517. The van der Waals surface area contributed by atoms with Gasteiger partial charge in [-0.1, -0.05) is 79.5 Å². The first kappa shape index (κ1) is 39.5. The normalized spacial score (nSPS) is 10.2. The van der Waals surface area contributed by atoms with E-state index < -0.39 is 6.17 Å². The van der Waals surface area contributed by atoms with Crippen molar-refractivity contribution in [1.82, 2.24) is 0 Å². The molecule has 0 aliphatic carbocycles. The second kappa shape index (κ2) is 32.7. The topological polar surface area (TPSA) is 26.0 Å². The maximum atomic E-state index is 12.8. The van der Waals surface area contributed by atoms with Crippen LogP contribution in [0.5, 0.6) is 0 Å². The molecule has 1 atom stereocenters. The van der Waals surface area contributed by atoms with Gasteiger partial charge in [0, 0.05) is 0 Å². The standard InChI is InChI=1S/C10H13F.C6H12.C5H11N.C4H8.C2H6.C2H4/c1-7-4-8(2)6-10(5-7)9(3)11;1-4-6(3)5-2;1-5(2)3-4-6;1-3-4-2;2*1-2/h4-6,9H,1-3H3;4H,5H2,1-3H3;1,3-4,6H2,2H3;3-4H,1-2H3;1-2H3;1-2H2/b;6-4+;;4-3-;;. The third-order valence-electron chi connectivity index (χ3n) is 3.66. The van der Waals surface area contributed by atoms with Crippen molar-refractivity contribution >= 4 is 0 Å². The Morgan fingerprint density at radius 2 is 1.39 bits per heavy atom. The highest BCUT2D eigenvalue weighted by Gasteiger charge is 2.02. The first-order valence-electron chi connectivity index (χ1n) is 11.3. The Kier molecular flexibility index (Phi) is 41.7. The third-order valence-corrected chi connectivity index (χ3v) is 3.66. The van der Waals surface area contributed by atoms with Crippen LogP contribution in [-0.2, 0) is 0 Å². The number of hydrogen-bond donors (Lipinski definition) is 1. The predicted molar refractivity (Wildman–Crippen MR) is 147 cm³/mol. The molecule has 1 aromatic rings. The number of nitrogens with two attached hydrogens (primary N) is 1. The molecule has 1 unspecified atom stereocenters. The number of aryl methyl sites for hydroxylation is 2. The third kappa shape index (κ3) is 39.2. The van der Waals surface area contributed by atoms with Crippen molar-refractivity contribution in [2.24, 2.45) is 5.73 Å². The number of rotatable bonds is 4. The summed E-state index contributed by atoms with van der Waals surface area (Å²) in [6.45, 7) is 32.3. The lowest BCUT2D eigenvalue weighted by Crippen LogP contribution is -1.97. The Bertz CT molecular complexity index is 530. The van der Waals surface area contributed by atoms with Gasteiger partial charge in [-0.05, 0) is 80.3 Å². The summed E-state index contributed by atoms with van der Waals surface area (Å²) in [5.74, 6) is 0. The number of hydrogen-bond acceptors (Lipinski definition) is 1. The summed E-state index contributed by atoms with van der Waals surface area (Å²) < 4.78 is 12.8. The first-order valence-corrected chi connectivity index (χ1v) is 11.3. The zero-order valence-electron chi connectivity index (χ0n) is 22.7. The van der Waals surface area contributed by atoms with Crippen LogP contribution in [0, 0.1) is 13.8 Å². The largest absolute Gasteiger partial charge is 0.330 e. The van der Waals surface area contributed by atoms with E-state index in [4.69, 9.17) is 5.73 Å². The van der Waals surface area contributed by atoms with Crippen LogP contribution in [0.3, 0.4) is 0 Å². The highest BCUT2D eigenvalue weighted by atomic mass is 19.1. The van der Waals surface area contributed by atoms with Crippen LogP contribution in [0.2, 0.25) is 0 Å². The molecule has 1 nitrogen and oxygen atoms in total. The second-order valence-corrected chi connectivity index (χ2v) is 6.69. The fourth-order valence-corrected chi connectivity index (χ4v) is 1.69.